The molecule has 35 heavy (non-hydrogen) atoms. The number of piperidine rings is 1. The molecule has 0 spiro atoms. The molecular weight excluding hydrogens is 463 g/mol. The first kappa shape index (κ1) is 24.8. The van der Waals surface area contributed by atoms with Crippen LogP contribution in [0.1, 0.15) is 36.5 Å². The topological polar surface area (TPSA) is 65.1 Å². The molecule has 9 heteroatoms. The number of esters is 1. The van der Waals surface area contributed by atoms with E-state index in [1.165, 1.54) is 24.3 Å². The van der Waals surface area contributed by atoms with Gasteiger partial charge in [0.25, 0.3) is 0 Å². The predicted octanol–water partition coefficient (Wildman–Crippen LogP) is 4.85. The lowest BCUT2D eigenvalue weighted by atomic mass is 9.89. The molecule has 0 unspecified atom stereocenters. The highest BCUT2D eigenvalue weighted by Crippen LogP contribution is 2.43. The van der Waals surface area contributed by atoms with Gasteiger partial charge in [-0.25, -0.2) is 0 Å². The van der Waals surface area contributed by atoms with Gasteiger partial charge in [-0.1, -0.05) is 24.3 Å². The van der Waals surface area contributed by atoms with Crippen LogP contribution >= 0.6 is 0 Å². The van der Waals surface area contributed by atoms with Crippen molar-refractivity contribution in [2.45, 2.75) is 32.4 Å². The number of hydrogen-bond acceptors (Lipinski definition) is 5. The first-order valence-corrected chi connectivity index (χ1v) is 11.5. The molecule has 2 aliphatic rings. The van der Waals surface area contributed by atoms with Crippen molar-refractivity contribution in [2.24, 2.45) is 5.92 Å². The van der Waals surface area contributed by atoms with Gasteiger partial charge < -0.3 is 14.5 Å². The van der Waals surface area contributed by atoms with Crippen LogP contribution in [0.25, 0.3) is 17.2 Å². The number of halogens is 3. The summed E-state index contributed by atoms with van der Waals surface area (Å²) >= 11 is 0. The lowest BCUT2D eigenvalue weighted by Gasteiger charge is -2.30. The number of likely N-dealkylation sites (tertiary alicyclic amines) is 1. The van der Waals surface area contributed by atoms with Gasteiger partial charge in [0.15, 0.2) is 5.75 Å². The van der Waals surface area contributed by atoms with Gasteiger partial charge in [-0.2, -0.15) is 18.1 Å². The maximum absolute atomic E-state index is 14.0. The highest BCUT2D eigenvalue weighted by Gasteiger charge is 2.36. The number of ether oxygens (including phenoxy) is 1. The van der Waals surface area contributed by atoms with Crippen LogP contribution in [0.5, 0.6) is 5.75 Å². The number of rotatable bonds is 5. The molecule has 0 saturated carbocycles. The Hall–Kier alpha value is -3.33. The summed E-state index contributed by atoms with van der Waals surface area (Å²) in [5, 5.41) is 0. The van der Waals surface area contributed by atoms with Gasteiger partial charge in [0.1, 0.15) is 0 Å². The Morgan fingerprint density at radius 1 is 1.23 bits per heavy atom. The summed E-state index contributed by atoms with van der Waals surface area (Å²) in [5.74, 6) is -0.475. The van der Waals surface area contributed by atoms with E-state index in [1.54, 1.807) is 30.0 Å². The summed E-state index contributed by atoms with van der Waals surface area (Å²) in [6.07, 6.45) is -0.612. The fraction of sp³-hybridized carbons (Fsp3) is 0.385. The summed E-state index contributed by atoms with van der Waals surface area (Å²) in [4.78, 5) is 36.4. The minimum absolute atomic E-state index is 0.0626. The molecular formula is C26H25F3NO5. The van der Waals surface area contributed by atoms with Crippen LogP contribution in [0, 0.1) is 12.0 Å². The van der Waals surface area contributed by atoms with Crippen molar-refractivity contribution >= 4 is 18.0 Å². The largest absolute Gasteiger partial charge is 0.466 e. The minimum atomic E-state index is -4.65. The quantitative estimate of drug-likeness (QED) is 0.342. The summed E-state index contributed by atoms with van der Waals surface area (Å²) in [5.41, 5.74) is 0.226. The Morgan fingerprint density at radius 2 is 2.00 bits per heavy atom. The van der Waals surface area contributed by atoms with E-state index in [2.05, 4.69) is 6.07 Å². The zero-order valence-corrected chi connectivity index (χ0v) is 19.2. The first-order valence-electron chi connectivity index (χ1n) is 11.5. The van der Waals surface area contributed by atoms with Crippen molar-refractivity contribution < 1.29 is 37.3 Å². The second-order valence-electron chi connectivity index (χ2n) is 8.30. The van der Waals surface area contributed by atoms with Crippen molar-refractivity contribution in [3.05, 3.63) is 59.2 Å². The normalized spacial score (nSPS) is 16.6. The zero-order chi connectivity index (χ0) is 25.0. The molecule has 4 rings (SSSR count). The van der Waals surface area contributed by atoms with Crippen LogP contribution in [0.15, 0.2) is 36.4 Å². The van der Waals surface area contributed by atoms with Crippen molar-refractivity contribution in [1.82, 2.24) is 4.90 Å². The lowest BCUT2D eigenvalue weighted by molar-refractivity contribution is -0.215. The third-order valence-electron chi connectivity index (χ3n) is 6.13. The van der Waals surface area contributed by atoms with E-state index in [1.807, 2.05) is 0 Å². The summed E-state index contributed by atoms with van der Waals surface area (Å²) in [6, 6.07) is 9.87. The molecule has 1 radical (unpaired) electrons. The lowest BCUT2D eigenvalue weighted by Crippen LogP contribution is -2.39. The monoisotopic (exact) mass is 488 g/mol. The van der Waals surface area contributed by atoms with Crippen LogP contribution in [0.3, 0.4) is 0 Å². The Bertz CT molecular complexity index is 1120. The molecule has 0 aromatic heterocycles. The number of hydrogen-bond donors (Lipinski definition) is 0. The van der Waals surface area contributed by atoms with E-state index in [4.69, 9.17) is 14.5 Å². The van der Waals surface area contributed by atoms with E-state index in [9.17, 15) is 22.8 Å². The van der Waals surface area contributed by atoms with Gasteiger partial charge in [0, 0.05) is 36.7 Å². The summed E-state index contributed by atoms with van der Waals surface area (Å²) in [6.45, 7) is 3.01. The second kappa shape index (κ2) is 10.5. The molecule has 2 aromatic carbocycles. The van der Waals surface area contributed by atoms with E-state index in [0.29, 0.717) is 55.8 Å². The molecule has 0 N–H and O–H groups in total. The van der Waals surface area contributed by atoms with Gasteiger partial charge in [0.2, 0.25) is 5.91 Å². The van der Waals surface area contributed by atoms with Crippen LogP contribution in [0.2, 0.25) is 0 Å². The third kappa shape index (κ3) is 5.51. The molecule has 2 aliphatic heterocycles. The van der Waals surface area contributed by atoms with Crippen LogP contribution in [-0.4, -0.2) is 43.1 Å². The molecule has 2 aromatic rings. The van der Waals surface area contributed by atoms with Gasteiger partial charge >= 0.3 is 12.1 Å². The number of amides is 1. The Labute approximate surface area is 201 Å². The van der Waals surface area contributed by atoms with Gasteiger partial charge in [-0.3, -0.25) is 9.59 Å². The van der Waals surface area contributed by atoms with Crippen molar-refractivity contribution in [1.29, 1.82) is 0 Å². The minimum Gasteiger partial charge on any atom is -0.466 e. The molecule has 1 saturated heterocycles. The summed E-state index contributed by atoms with van der Waals surface area (Å²) < 4.78 is 47.0. The third-order valence-corrected chi connectivity index (χ3v) is 6.13. The van der Waals surface area contributed by atoms with Crippen molar-refractivity contribution in [3.8, 4) is 16.9 Å². The Morgan fingerprint density at radius 3 is 2.71 bits per heavy atom. The smallest absolute Gasteiger partial charge is 0.417 e. The number of nitrogens with zero attached hydrogens (tertiary/aromatic N) is 1. The number of carbonyl (C=O) groups excluding carboxylic acids is 2. The van der Waals surface area contributed by atoms with Crippen LogP contribution in [0.4, 0.5) is 13.2 Å². The maximum Gasteiger partial charge on any atom is 0.417 e. The number of alkyl halides is 3. The van der Waals surface area contributed by atoms with Crippen LogP contribution < -0.4 is 4.89 Å². The SMILES string of the molecule is CCOC(=O)C1CCN(C(=O)/C=C/c2cc[c]c(C(F)(F)F)c2-c2cccc3c2CCOO3)CC1. The van der Waals surface area contributed by atoms with Crippen molar-refractivity contribution in [2.75, 3.05) is 26.3 Å². The molecule has 2 heterocycles. The standard InChI is InChI=1S/C26H25F3NO5/c1-2-33-25(32)18-11-14-30(15-12-18)23(31)10-9-17-5-3-7-21(26(27,28)29)24(17)20-6-4-8-22-19(20)13-16-34-35-22/h3-6,8-10,18H,2,11-16H2,1H3/b10-9+. The van der Waals surface area contributed by atoms with Gasteiger partial charge in [0.05, 0.1) is 24.7 Å². The molecule has 6 nitrogen and oxygen atoms in total. The molecule has 0 aliphatic carbocycles. The maximum atomic E-state index is 14.0. The number of fused-ring (bicyclic) bond motifs is 1. The van der Waals surface area contributed by atoms with E-state index < -0.39 is 11.7 Å². The van der Waals surface area contributed by atoms with Crippen LogP contribution in [-0.2, 0) is 31.8 Å². The average molecular weight is 488 g/mol. The highest BCUT2D eigenvalue weighted by molar-refractivity contribution is 5.94. The summed E-state index contributed by atoms with van der Waals surface area (Å²) in [7, 11) is 0. The van der Waals surface area contributed by atoms with E-state index >= 15 is 0 Å². The van der Waals surface area contributed by atoms with E-state index in [-0.39, 0.29) is 35.5 Å². The fourth-order valence-electron chi connectivity index (χ4n) is 4.41. The first-order chi connectivity index (χ1) is 16.8. The molecule has 1 fully saturated rings. The predicted molar refractivity (Wildman–Crippen MR) is 121 cm³/mol. The average Bonchev–Trinajstić information content (AvgIpc) is 2.86. The molecule has 1 amide bonds. The van der Waals surface area contributed by atoms with Crippen molar-refractivity contribution in [3.63, 3.8) is 0 Å². The van der Waals surface area contributed by atoms with Gasteiger partial charge in [-0.15, -0.1) is 0 Å². The fourth-order valence-corrected chi connectivity index (χ4v) is 4.41. The molecule has 0 bridgehead atoms. The van der Waals surface area contributed by atoms with E-state index in [0.717, 1.165) is 0 Å². The Kier molecular flexibility index (Phi) is 7.45. The molecule has 185 valence electrons. The molecule has 0 atom stereocenters. The number of benzene rings is 2. The zero-order valence-electron chi connectivity index (χ0n) is 19.2. The highest BCUT2D eigenvalue weighted by atomic mass is 19.4. The number of carbonyl (C=O) groups is 2. The second-order valence-corrected chi connectivity index (χ2v) is 8.30. The Balaban J connectivity index is 1.62. The van der Waals surface area contributed by atoms with Gasteiger partial charge in [-0.05, 0) is 49.1 Å².